The number of amides is 1. The van der Waals surface area contributed by atoms with Gasteiger partial charge in [-0.25, -0.2) is 4.63 Å². The third kappa shape index (κ3) is 2.67. The Labute approximate surface area is 149 Å². The smallest absolute Gasteiger partial charge is 0.289 e. The van der Waals surface area contributed by atoms with Crippen LogP contribution in [0.2, 0.25) is 0 Å². The maximum absolute atomic E-state index is 12.9. The monoisotopic (exact) mass is 351 g/mol. The molecule has 0 bridgehead atoms. The number of aromatic nitrogens is 2. The van der Waals surface area contributed by atoms with Gasteiger partial charge >= 0.3 is 0 Å². The van der Waals surface area contributed by atoms with Crippen LogP contribution in [0.1, 0.15) is 21.7 Å². The van der Waals surface area contributed by atoms with Gasteiger partial charge in [0.25, 0.3) is 5.91 Å². The molecule has 0 unspecified atom stereocenters. The lowest BCUT2D eigenvalue weighted by Gasteiger charge is -2.16. The van der Waals surface area contributed by atoms with Crippen molar-refractivity contribution in [1.82, 2.24) is 15.2 Å². The van der Waals surface area contributed by atoms with Gasteiger partial charge in [0, 0.05) is 30.6 Å². The minimum atomic E-state index is -0.184. The van der Waals surface area contributed by atoms with Crippen molar-refractivity contribution in [3.63, 3.8) is 0 Å². The SMILES string of the molecule is COc1ccc2c(C)c(C(=O)N(C)Cc3ccc4nonc4c3)oc2c1. The summed E-state index contributed by atoms with van der Waals surface area (Å²) in [6.45, 7) is 2.30. The first-order valence-electron chi connectivity index (χ1n) is 8.10. The predicted molar refractivity (Wildman–Crippen MR) is 95.1 cm³/mol. The summed E-state index contributed by atoms with van der Waals surface area (Å²) in [7, 11) is 3.33. The highest BCUT2D eigenvalue weighted by molar-refractivity contribution is 5.99. The second kappa shape index (κ2) is 6.18. The van der Waals surface area contributed by atoms with Crippen molar-refractivity contribution in [2.75, 3.05) is 14.2 Å². The van der Waals surface area contributed by atoms with Crippen LogP contribution in [-0.4, -0.2) is 35.3 Å². The zero-order chi connectivity index (χ0) is 18.3. The van der Waals surface area contributed by atoms with Crippen molar-refractivity contribution >= 4 is 27.9 Å². The fraction of sp³-hybridized carbons (Fsp3) is 0.211. The van der Waals surface area contributed by atoms with Crippen molar-refractivity contribution < 1.29 is 18.6 Å². The Balaban J connectivity index is 1.61. The van der Waals surface area contributed by atoms with Crippen LogP contribution in [0.25, 0.3) is 22.0 Å². The number of nitrogens with zero attached hydrogens (tertiary/aromatic N) is 3. The van der Waals surface area contributed by atoms with E-state index >= 15 is 0 Å². The Morgan fingerprint density at radius 2 is 1.96 bits per heavy atom. The second-order valence-corrected chi connectivity index (χ2v) is 6.17. The minimum absolute atomic E-state index is 0.184. The average Bonchev–Trinajstić information content (AvgIpc) is 3.24. The minimum Gasteiger partial charge on any atom is -0.497 e. The molecule has 0 aliphatic carbocycles. The summed E-state index contributed by atoms with van der Waals surface area (Å²) >= 11 is 0. The first kappa shape index (κ1) is 16.1. The molecule has 0 spiro atoms. The van der Waals surface area contributed by atoms with Crippen LogP contribution in [0, 0.1) is 6.92 Å². The van der Waals surface area contributed by atoms with Gasteiger partial charge in [-0.3, -0.25) is 4.79 Å². The third-order valence-electron chi connectivity index (χ3n) is 4.42. The molecule has 0 saturated heterocycles. The van der Waals surface area contributed by atoms with Crippen molar-refractivity contribution in [3.05, 3.63) is 53.3 Å². The van der Waals surface area contributed by atoms with E-state index in [2.05, 4.69) is 10.3 Å². The second-order valence-electron chi connectivity index (χ2n) is 6.17. The van der Waals surface area contributed by atoms with Gasteiger partial charge in [-0.1, -0.05) is 6.07 Å². The molecule has 0 atom stereocenters. The van der Waals surface area contributed by atoms with Gasteiger partial charge in [-0.2, -0.15) is 0 Å². The maximum atomic E-state index is 12.9. The van der Waals surface area contributed by atoms with E-state index in [1.165, 1.54) is 0 Å². The number of benzene rings is 2. The fourth-order valence-corrected chi connectivity index (χ4v) is 2.98. The number of hydrogen-bond donors (Lipinski definition) is 0. The lowest BCUT2D eigenvalue weighted by molar-refractivity contribution is 0.0755. The summed E-state index contributed by atoms with van der Waals surface area (Å²) in [6.07, 6.45) is 0. The number of methoxy groups -OCH3 is 1. The lowest BCUT2D eigenvalue weighted by Crippen LogP contribution is -2.26. The molecule has 2 heterocycles. The van der Waals surface area contributed by atoms with Crippen LogP contribution in [0.15, 0.2) is 45.4 Å². The Bertz CT molecular complexity index is 1110. The summed E-state index contributed by atoms with van der Waals surface area (Å²) in [5, 5.41) is 8.51. The summed E-state index contributed by atoms with van der Waals surface area (Å²) < 4.78 is 15.7. The van der Waals surface area contributed by atoms with Gasteiger partial charge in [0.1, 0.15) is 22.4 Å². The van der Waals surface area contributed by atoms with E-state index in [9.17, 15) is 4.79 Å². The normalized spacial score (nSPS) is 11.2. The van der Waals surface area contributed by atoms with Gasteiger partial charge in [-0.05, 0) is 47.1 Å². The van der Waals surface area contributed by atoms with Crippen molar-refractivity contribution in [2.45, 2.75) is 13.5 Å². The lowest BCUT2D eigenvalue weighted by atomic mass is 10.1. The van der Waals surface area contributed by atoms with E-state index in [-0.39, 0.29) is 5.91 Å². The van der Waals surface area contributed by atoms with Crippen LogP contribution in [0.5, 0.6) is 5.75 Å². The zero-order valence-corrected chi connectivity index (χ0v) is 14.6. The highest BCUT2D eigenvalue weighted by atomic mass is 16.6. The maximum Gasteiger partial charge on any atom is 0.289 e. The van der Waals surface area contributed by atoms with Gasteiger partial charge in [0.05, 0.1) is 7.11 Å². The van der Waals surface area contributed by atoms with E-state index in [0.29, 0.717) is 34.7 Å². The quantitative estimate of drug-likeness (QED) is 0.559. The number of fused-ring (bicyclic) bond motifs is 2. The molecule has 7 heteroatoms. The Kier molecular flexibility index (Phi) is 3.84. The fourth-order valence-electron chi connectivity index (χ4n) is 2.98. The average molecular weight is 351 g/mol. The summed E-state index contributed by atoms with van der Waals surface area (Å²) in [6, 6.07) is 11.1. The predicted octanol–water partition coefficient (Wildman–Crippen LogP) is 3.56. The highest BCUT2D eigenvalue weighted by Crippen LogP contribution is 2.29. The first-order chi connectivity index (χ1) is 12.6. The molecular weight excluding hydrogens is 334 g/mol. The molecular formula is C19H17N3O4. The third-order valence-corrected chi connectivity index (χ3v) is 4.42. The molecule has 0 aliphatic rings. The highest BCUT2D eigenvalue weighted by Gasteiger charge is 2.21. The van der Waals surface area contributed by atoms with E-state index in [1.807, 2.05) is 37.3 Å². The van der Waals surface area contributed by atoms with Crippen LogP contribution in [-0.2, 0) is 6.54 Å². The molecule has 1 amide bonds. The molecule has 0 N–H and O–H groups in total. The largest absolute Gasteiger partial charge is 0.497 e. The Morgan fingerprint density at radius 3 is 2.77 bits per heavy atom. The number of hydrogen-bond acceptors (Lipinski definition) is 6. The molecule has 26 heavy (non-hydrogen) atoms. The summed E-state index contributed by atoms with van der Waals surface area (Å²) in [5.41, 5.74) is 3.73. The standard InChI is InChI=1S/C19H17N3O4/c1-11-14-6-5-13(24-3)9-17(14)25-18(11)19(23)22(2)10-12-4-7-15-16(8-12)21-26-20-15/h4-9H,10H2,1-3H3. The number of rotatable bonds is 4. The van der Waals surface area contributed by atoms with Gasteiger partial charge in [0.15, 0.2) is 5.76 Å². The van der Waals surface area contributed by atoms with Crippen LogP contribution >= 0.6 is 0 Å². The topological polar surface area (TPSA) is 81.6 Å². The van der Waals surface area contributed by atoms with Crippen LogP contribution in [0.3, 0.4) is 0 Å². The van der Waals surface area contributed by atoms with Crippen LogP contribution < -0.4 is 4.74 Å². The number of furan rings is 1. The molecule has 0 radical (unpaired) electrons. The molecule has 2 aromatic carbocycles. The summed E-state index contributed by atoms with van der Waals surface area (Å²) in [4.78, 5) is 14.5. The molecule has 132 valence electrons. The zero-order valence-electron chi connectivity index (χ0n) is 14.6. The molecule has 0 aliphatic heterocycles. The van der Waals surface area contributed by atoms with Crippen molar-refractivity contribution in [1.29, 1.82) is 0 Å². The molecule has 2 aromatic heterocycles. The Hall–Kier alpha value is -3.35. The number of carbonyl (C=O) groups is 1. The van der Waals surface area contributed by atoms with E-state index in [0.717, 1.165) is 16.5 Å². The van der Waals surface area contributed by atoms with Crippen molar-refractivity contribution in [3.8, 4) is 5.75 Å². The van der Waals surface area contributed by atoms with E-state index in [4.69, 9.17) is 13.8 Å². The van der Waals surface area contributed by atoms with Crippen molar-refractivity contribution in [2.24, 2.45) is 0 Å². The summed E-state index contributed by atoms with van der Waals surface area (Å²) in [5.74, 6) is 0.837. The van der Waals surface area contributed by atoms with Crippen LogP contribution in [0.4, 0.5) is 0 Å². The van der Waals surface area contributed by atoms with Gasteiger partial charge in [0.2, 0.25) is 0 Å². The van der Waals surface area contributed by atoms with E-state index in [1.54, 1.807) is 25.1 Å². The molecule has 4 aromatic rings. The molecule has 0 fully saturated rings. The molecule has 4 rings (SSSR count). The van der Waals surface area contributed by atoms with Gasteiger partial charge in [-0.15, -0.1) is 0 Å². The number of aryl methyl sites for hydroxylation is 1. The molecule has 7 nitrogen and oxygen atoms in total. The molecule has 0 saturated carbocycles. The number of ether oxygens (including phenoxy) is 1. The van der Waals surface area contributed by atoms with Gasteiger partial charge < -0.3 is 14.1 Å². The van der Waals surface area contributed by atoms with E-state index < -0.39 is 0 Å². The first-order valence-corrected chi connectivity index (χ1v) is 8.10. The Morgan fingerprint density at radius 1 is 1.15 bits per heavy atom. The number of carbonyl (C=O) groups excluding carboxylic acids is 1.